The van der Waals surface area contributed by atoms with E-state index in [-0.39, 0.29) is 18.6 Å². The monoisotopic (exact) mass is 306 g/mol. The minimum absolute atomic E-state index is 0.0260. The number of aliphatic hydroxyl groups is 1. The van der Waals surface area contributed by atoms with Crippen molar-refractivity contribution in [2.45, 2.75) is 32.2 Å². The molecule has 0 bridgehead atoms. The smallest absolute Gasteiger partial charge is 0.261 e. The molecule has 1 saturated heterocycles. The molecule has 1 aromatic rings. The SMILES string of the molecule is CC(CN1CCCC1)NC(=O)c1ccc(C#CCCO)s1. The van der Waals surface area contributed by atoms with Crippen LogP contribution in [0.2, 0.25) is 0 Å². The summed E-state index contributed by atoms with van der Waals surface area (Å²) < 4.78 is 0. The predicted molar refractivity (Wildman–Crippen MR) is 85.5 cm³/mol. The summed E-state index contributed by atoms with van der Waals surface area (Å²) in [5, 5.41) is 11.7. The van der Waals surface area contributed by atoms with E-state index in [1.54, 1.807) is 0 Å². The Bertz CT molecular complexity index is 524. The van der Waals surface area contributed by atoms with Crippen molar-refractivity contribution < 1.29 is 9.90 Å². The van der Waals surface area contributed by atoms with Gasteiger partial charge < -0.3 is 15.3 Å². The molecule has 0 saturated carbocycles. The molecule has 5 heteroatoms. The molecule has 21 heavy (non-hydrogen) atoms. The molecule has 114 valence electrons. The Hall–Kier alpha value is -1.35. The fourth-order valence-electron chi connectivity index (χ4n) is 2.43. The molecule has 1 atom stereocenters. The number of aliphatic hydroxyl groups excluding tert-OH is 1. The third-order valence-electron chi connectivity index (χ3n) is 3.39. The van der Waals surface area contributed by atoms with Gasteiger partial charge in [-0.1, -0.05) is 11.8 Å². The van der Waals surface area contributed by atoms with Crippen molar-refractivity contribution in [3.05, 3.63) is 21.9 Å². The van der Waals surface area contributed by atoms with E-state index in [1.807, 2.05) is 19.1 Å². The molecule has 0 spiro atoms. The van der Waals surface area contributed by atoms with Crippen LogP contribution in [0.15, 0.2) is 12.1 Å². The summed E-state index contributed by atoms with van der Waals surface area (Å²) in [6.07, 6.45) is 3.00. The van der Waals surface area contributed by atoms with Crippen LogP contribution in [0, 0.1) is 11.8 Å². The van der Waals surface area contributed by atoms with E-state index in [0.717, 1.165) is 24.5 Å². The summed E-state index contributed by atoms with van der Waals surface area (Å²) >= 11 is 1.40. The Labute approximate surface area is 130 Å². The highest BCUT2D eigenvalue weighted by Crippen LogP contribution is 2.15. The van der Waals surface area contributed by atoms with E-state index in [0.29, 0.717) is 11.3 Å². The fraction of sp³-hybridized carbons (Fsp3) is 0.562. The van der Waals surface area contributed by atoms with Crippen LogP contribution in [0.3, 0.4) is 0 Å². The van der Waals surface area contributed by atoms with Gasteiger partial charge in [-0.2, -0.15) is 0 Å². The van der Waals surface area contributed by atoms with Gasteiger partial charge in [-0.15, -0.1) is 11.3 Å². The molecule has 1 aliphatic heterocycles. The van der Waals surface area contributed by atoms with Gasteiger partial charge in [-0.05, 0) is 45.0 Å². The third-order valence-corrected chi connectivity index (χ3v) is 4.39. The number of thiophene rings is 1. The van der Waals surface area contributed by atoms with Crippen LogP contribution in [0.5, 0.6) is 0 Å². The maximum atomic E-state index is 12.2. The van der Waals surface area contributed by atoms with E-state index in [4.69, 9.17) is 5.11 Å². The highest BCUT2D eigenvalue weighted by atomic mass is 32.1. The minimum Gasteiger partial charge on any atom is -0.395 e. The number of hydrogen-bond donors (Lipinski definition) is 2. The van der Waals surface area contributed by atoms with Crippen molar-refractivity contribution in [3.63, 3.8) is 0 Å². The first-order chi connectivity index (χ1) is 10.2. The Morgan fingerprint density at radius 2 is 2.24 bits per heavy atom. The molecule has 0 aromatic carbocycles. The lowest BCUT2D eigenvalue weighted by atomic mass is 10.3. The zero-order valence-electron chi connectivity index (χ0n) is 12.4. The van der Waals surface area contributed by atoms with Crippen molar-refractivity contribution in [2.75, 3.05) is 26.2 Å². The molecular formula is C16H22N2O2S. The van der Waals surface area contributed by atoms with Crippen LogP contribution in [-0.4, -0.2) is 48.2 Å². The standard InChI is InChI=1S/C16H22N2O2S/c1-13(12-18-9-3-4-10-18)17-16(20)15-8-7-14(21-15)6-2-5-11-19/h7-8,13,19H,3-5,9-12H2,1H3,(H,17,20). The van der Waals surface area contributed by atoms with E-state index in [1.165, 1.54) is 24.2 Å². The van der Waals surface area contributed by atoms with Crippen LogP contribution in [-0.2, 0) is 0 Å². The first-order valence-electron chi connectivity index (χ1n) is 7.42. The van der Waals surface area contributed by atoms with Crippen molar-refractivity contribution in [2.24, 2.45) is 0 Å². The van der Waals surface area contributed by atoms with E-state index in [2.05, 4.69) is 22.1 Å². The topological polar surface area (TPSA) is 52.6 Å². The van der Waals surface area contributed by atoms with Gasteiger partial charge in [0.1, 0.15) is 0 Å². The lowest BCUT2D eigenvalue weighted by Gasteiger charge is -2.20. The quantitative estimate of drug-likeness (QED) is 0.814. The first-order valence-corrected chi connectivity index (χ1v) is 8.23. The fourth-order valence-corrected chi connectivity index (χ4v) is 3.21. The van der Waals surface area contributed by atoms with Crippen LogP contribution in [0.4, 0.5) is 0 Å². The second kappa shape index (κ2) is 8.18. The number of amides is 1. The van der Waals surface area contributed by atoms with Crippen LogP contribution in [0.25, 0.3) is 0 Å². The van der Waals surface area contributed by atoms with Crippen molar-refractivity contribution in [1.29, 1.82) is 0 Å². The molecule has 0 radical (unpaired) electrons. The summed E-state index contributed by atoms with van der Waals surface area (Å²) in [6.45, 7) is 5.32. The zero-order chi connectivity index (χ0) is 15.1. The number of nitrogens with zero attached hydrogens (tertiary/aromatic N) is 1. The lowest BCUT2D eigenvalue weighted by molar-refractivity contribution is 0.0936. The number of carbonyl (C=O) groups is 1. The van der Waals surface area contributed by atoms with E-state index in [9.17, 15) is 4.79 Å². The normalized spacial score (nSPS) is 16.3. The van der Waals surface area contributed by atoms with Crippen LogP contribution >= 0.6 is 11.3 Å². The maximum absolute atomic E-state index is 12.2. The highest BCUT2D eigenvalue weighted by Gasteiger charge is 2.17. The molecule has 1 aromatic heterocycles. The third kappa shape index (κ3) is 5.16. The van der Waals surface area contributed by atoms with Crippen LogP contribution in [0.1, 0.15) is 40.7 Å². The van der Waals surface area contributed by atoms with Gasteiger partial charge in [0, 0.05) is 19.0 Å². The Balaban J connectivity index is 1.83. The molecule has 4 nitrogen and oxygen atoms in total. The molecule has 1 aliphatic rings. The Morgan fingerprint density at radius 1 is 1.48 bits per heavy atom. The summed E-state index contributed by atoms with van der Waals surface area (Å²) in [7, 11) is 0. The summed E-state index contributed by atoms with van der Waals surface area (Å²) in [5.41, 5.74) is 0. The van der Waals surface area contributed by atoms with Gasteiger partial charge in [0.2, 0.25) is 0 Å². The predicted octanol–water partition coefficient (Wildman–Crippen LogP) is 1.70. The second-order valence-corrected chi connectivity index (χ2v) is 6.41. The number of rotatable bonds is 5. The average Bonchev–Trinajstić information content (AvgIpc) is 3.10. The van der Waals surface area contributed by atoms with Gasteiger partial charge in [0.05, 0.1) is 16.4 Å². The van der Waals surface area contributed by atoms with Crippen molar-refractivity contribution in [3.8, 4) is 11.8 Å². The number of carbonyl (C=O) groups excluding carboxylic acids is 1. The Kier molecular flexibility index (Phi) is 6.24. The molecular weight excluding hydrogens is 284 g/mol. The molecule has 2 heterocycles. The molecule has 0 aliphatic carbocycles. The molecule has 1 fully saturated rings. The summed E-state index contributed by atoms with van der Waals surface area (Å²) in [5.74, 6) is 5.79. The maximum Gasteiger partial charge on any atom is 0.261 e. The van der Waals surface area contributed by atoms with Crippen LogP contribution < -0.4 is 5.32 Å². The lowest BCUT2D eigenvalue weighted by Crippen LogP contribution is -2.40. The minimum atomic E-state index is -0.0260. The van der Waals surface area contributed by atoms with Gasteiger partial charge >= 0.3 is 0 Å². The van der Waals surface area contributed by atoms with E-state index >= 15 is 0 Å². The molecule has 2 rings (SSSR count). The molecule has 1 unspecified atom stereocenters. The average molecular weight is 306 g/mol. The van der Waals surface area contributed by atoms with Gasteiger partial charge in [-0.25, -0.2) is 0 Å². The van der Waals surface area contributed by atoms with Gasteiger partial charge in [0.25, 0.3) is 5.91 Å². The number of nitrogens with one attached hydrogen (secondary N) is 1. The molecule has 2 N–H and O–H groups in total. The number of likely N-dealkylation sites (tertiary alicyclic amines) is 1. The highest BCUT2D eigenvalue weighted by molar-refractivity contribution is 7.14. The second-order valence-electron chi connectivity index (χ2n) is 5.32. The largest absolute Gasteiger partial charge is 0.395 e. The van der Waals surface area contributed by atoms with E-state index < -0.39 is 0 Å². The van der Waals surface area contributed by atoms with Crippen molar-refractivity contribution in [1.82, 2.24) is 10.2 Å². The number of hydrogen-bond acceptors (Lipinski definition) is 4. The summed E-state index contributed by atoms with van der Waals surface area (Å²) in [4.78, 5) is 16.1. The van der Waals surface area contributed by atoms with Gasteiger partial charge in [0.15, 0.2) is 0 Å². The first kappa shape index (κ1) is 16.0. The van der Waals surface area contributed by atoms with Gasteiger partial charge in [-0.3, -0.25) is 4.79 Å². The van der Waals surface area contributed by atoms with Crippen molar-refractivity contribution >= 4 is 17.2 Å². The zero-order valence-corrected chi connectivity index (χ0v) is 13.2. The summed E-state index contributed by atoms with van der Waals surface area (Å²) in [6, 6.07) is 3.82. The Morgan fingerprint density at radius 3 is 2.95 bits per heavy atom. The molecule has 1 amide bonds.